The Bertz CT molecular complexity index is 408. The van der Waals surface area contributed by atoms with E-state index in [0.717, 1.165) is 0 Å². The average Bonchev–Trinajstić information content (AvgIpc) is 2.27. The minimum atomic E-state index is -0.411. The third-order valence-corrected chi connectivity index (χ3v) is 2.31. The normalized spacial score (nSPS) is 11.1. The molecular weight excluding hydrogens is 218 g/mol. The van der Waals surface area contributed by atoms with Gasteiger partial charge < -0.3 is 9.47 Å². The van der Waals surface area contributed by atoms with Crippen LogP contribution in [0.1, 0.15) is 43.7 Å². The van der Waals surface area contributed by atoms with Crippen LogP contribution in [0.2, 0.25) is 0 Å². The first-order chi connectivity index (χ1) is 7.91. The van der Waals surface area contributed by atoms with Crippen LogP contribution in [0.15, 0.2) is 12.3 Å². The molecule has 0 aromatic carbocycles. The zero-order chi connectivity index (χ0) is 13.1. The molecule has 0 fully saturated rings. The number of hydrogen-bond acceptors (Lipinski definition) is 4. The number of carbonyl (C=O) groups excluding carboxylic acids is 1. The lowest BCUT2D eigenvalue weighted by Gasteiger charge is -2.22. The molecule has 0 saturated carbocycles. The van der Waals surface area contributed by atoms with E-state index in [1.54, 1.807) is 12.3 Å². The highest BCUT2D eigenvalue weighted by atomic mass is 16.5. The van der Waals surface area contributed by atoms with Crippen LogP contribution in [0.25, 0.3) is 0 Å². The van der Waals surface area contributed by atoms with E-state index in [0.29, 0.717) is 23.6 Å². The predicted octanol–water partition coefficient (Wildman–Crippen LogP) is 2.56. The van der Waals surface area contributed by atoms with Crippen molar-refractivity contribution >= 4 is 5.97 Å². The molecule has 1 heterocycles. The Morgan fingerprint density at radius 3 is 2.53 bits per heavy atom. The van der Waals surface area contributed by atoms with Crippen LogP contribution in [-0.4, -0.2) is 24.7 Å². The Balaban J connectivity index is 3.39. The minimum Gasteiger partial charge on any atom is -0.493 e. The summed E-state index contributed by atoms with van der Waals surface area (Å²) in [7, 11) is 1.36. The van der Waals surface area contributed by atoms with E-state index >= 15 is 0 Å². The summed E-state index contributed by atoms with van der Waals surface area (Å²) < 4.78 is 10.3. The molecule has 1 aromatic heterocycles. The monoisotopic (exact) mass is 237 g/mol. The molecule has 0 bridgehead atoms. The minimum absolute atomic E-state index is 0.239. The number of rotatable bonds is 3. The summed E-state index contributed by atoms with van der Waals surface area (Å²) in [5.74, 6) is 0.116. The number of carbonyl (C=O) groups is 1. The SMILES string of the molecule is CCOc1ccnc(C(C)(C)C)c1C(=O)OC. The molecule has 0 aliphatic rings. The number of methoxy groups -OCH3 is 1. The van der Waals surface area contributed by atoms with E-state index < -0.39 is 5.97 Å². The fourth-order valence-electron chi connectivity index (χ4n) is 1.59. The first kappa shape index (κ1) is 13.5. The van der Waals surface area contributed by atoms with Gasteiger partial charge in [0.2, 0.25) is 0 Å². The van der Waals surface area contributed by atoms with E-state index in [-0.39, 0.29) is 5.41 Å². The smallest absolute Gasteiger partial charge is 0.343 e. The van der Waals surface area contributed by atoms with Crippen LogP contribution in [-0.2, 0) is 10.2 Å². The fraction of sp³-hybridized carbons (Fsp3) is 0.538. The molecule has 0 atom stereocenters. The summed E-state index contributed by atoms with van der Waals surface area (Å²) in [4.78, 5) is 16.1. The van der Waals surface area contributed by atoms with Gasteiger partial charge in [-0.15, -0.1) is 0 Å². The van der Waals surface area contributed by atoms with Crippen LogP contribution in [0.4, 0.5) is 0 Å². The van der Waals surface area contributed by atoms with Crippen molar-refractivity contribution in [1.29, 1.82) is 0 Å². The quantitative estimate of drug-likeness (QED) is 0.758. The molecule has 4 heteroatoms. The van der Waals surface area contributed by atoms with Crippen LogP contribution in [0.3, 0.4) is 0 Å². The van der Waals surface area contributed by atoms with E-state index in [2.05, 4.69) is 4.98 Å². The maximum Gasteiger partial charge on any atom is 0.343 e. The van der Waals surface area contributed by atoms with Gasteiger partial charge in [0.1, 0.15) is 11.3 Å². The second-order valence-corrected chi connectivity index (χ2v) is 4.71. The summed E-state index contributed by atoms with van der Waals surface area (Å²) in [5, 5.41) is 0. The zero-order valence-corrected chi connectivity index (χ0v) is 11.0. The first-order valence-electron chi connectivity index (χ1n) is 5.62. The number of hydrogen-bond donors (Lipinski definition) is 0. The van der Waals surface area contributed by atoms with Crippen molar-refractivity contribution in [2.24, 2.45) is 0 Å². The van der Waals surface area contributed by atoms with Crippen molar-refractivity contribution in [3.05, 3.63) is 23.5 Å². The van der Waals surface area contributed by atoms with Gasteiger partial charge >= 0.3 is 5.97 Å². The van der Waals surface area contributed by atoms with Gasteiger partial charge in [-0.05, 0) is 13.0 Å². The maximum atomic E-state index is 11.8. The zero-order valence-electron chi connectivity index (χ0n) is 11.0. The molecule has 0 spiro atoms. The lowest BCUT2D eigenvalue weighted by Crippen LogP contribution is -2.20. The van der Waals surface area contributed by atoms with E-state index in [1.807, 2.05) is 27.7 Å². The van der Waals surface area contributed by atoms with Crippen LogP contribution in [0.5, 0.6) is 5.75 Å². The molecule has 0 aliphatic carbocycles. The van der Waals surface area contributed by atoms with Crippen molar-refractivity contribution in [1.82, 2.24) is 4.98 Å². The largest absolute Gasteiger partial charge is 0.493 e. The number of nitrogens with zero attached hydrogens (tertiary/aromatic N) is 1. The summed E-state index contributed by atoms with van der Waals surface area (Å²) in [6, 6.07) is 1.69. The molecule has 1 aromatic rings. The summed E-state index contributed by atoms with van der Waals surface area (Å²) in [5.41, 5.74) is 0.871. The van der Waals surface area contributed by atoms with Gasteiger partial charge in [-0.3, -0.25) is 4.98 Å². The third kappa shape index (κ3) is 2.96. The molecule has 1 rings (SSSR count). The van der Waals surface area contributed by atoms with Crippen molar-refractivity contribution < 1.29 is 14.3 Å². The van der Waals surface area contributed by atoms with Crippen molar-refractivity contribution in [2.45, 2.75) is 33.1 Å². The molecule has 17 heavy (non-hydrogen) atoms. The van der Waals surface area contributed by atoms with Gasteiger partial charge in [0, 0.05) is 11.6 Å². The molecule has 0 N–H and O–H groups in total. The van der Waals surface area contributed by atoms with Crippen LogP contribution in [0, 0.1) is 0 Å². The Morgan fingerprint density at radius 2 is 2.06 bits per heavy atom. The number of pyridine rings is 1. The number of aromatic nitrogens is 1. The van der Waals surface area contributed by atoms with E-state index in [1.165, 1.54) is 7.11 Å². The van der Waals surface area contributed by atoms with Crippen molar-refractivity contribution in [3.63, 3.8) is 0 Å². The molecule has 0 aliphatic heterocycles. The van der Waals surface area contributed by atoms with Crippen LogP contribution >= 0.6 is 0 Å². The lowest BCUT2D eigenvalue weighted by atomic mass is 9.88. The second kappa shape index (κ2) is 5.17. The Labute approximate surface area is 102 Å². The fourth-order valence-corrected chi connectivity index (χ4v) is 1.59. The standard InChI is InChI=1S/C13H19NO3/c1-6-17-9-7-8-14-11(13(2,3)4)10(9)12(15)16-5/h7-8H,6H2,1-5H3. The topological polar surface area (TPSA) is 48.4 Å². The van der Waals surface area contributed by atoms with Crippen molar-refractivity contribution in [3.8, 4) is 5.75 Å². The summed E-state index contributed by atoms with van der Waals surface area (Å²) in [6.07, 6.45) is 1.65. The molecule has 4 nitrogen and oxygen atoms in total. The van der Waals surface area contributed by atoms with E-state index in [4.69, 9.17) is 9.47 Å². The third-order valence-electron chi connectivity index (χ3n) is 2.31. The molecule has 0 radical (unpaired) electrons. The van der Waals surface area contributed by atoms with Crippen molar-refractivity contribution in [2.75, 3.05) is 13.7 Å². The Kier molecular flexibility index (Phi) is 4.10. The van der Waals surface area contributed by atoms with Gasteiger partial charge in [0.05, 0.1) is 19.4 Å². The Morgan fingerprint density at radius 1 is 1.41 bits per heavy atom. The number of ether oxygens (including phenoxy) is 2. The predicted molar refractivity (Wildman–Crippen MR) is 65.4 cm³/mol. The maximum absolute atomic E-state index is 11.8. The number of esters is 1. The van der Waals surface area contributed by atoms with Gasteiger partial charge in [-0.25, -0.2) is 4.79 Å². The first-order valence-corrected chi connectivity index (χ1v) is 5.62. The molecule has 94 valence electrons. The average molecular weight is 237 g/mol. The second-order valence-electron chi connectivity index (χ2n) is 4.71. The molecule has 0 saturated heterocycles. The highest BCUT2D eigenvalue weighted by Gasteiger charge is 2.27. The van der Waals surface area contributed by atoms with Gasteiger partial charge in [-0.1, -0.05) is 20.8 Å². The molecule has 0 unspecified atom stereocenters. The van der Waals surface area contributed by atoms with E-state index in [9.17, 15) is 4.79 Å². The lowest BCUT2D eigenvalue weighted by molar-refractivity contribution is 0.0592. The Hall–Kier alpha value is -1.58. The van der Waals surface area contributed by atoms with Gasteiger partial charge in [0.25, 0.3) is 0 Å². The van der Waals surface area contributed by atoms with Crippen LogP contribution < -0.4 is 4.74 Å². The highest BCUT2D eigenvalue weighted by molar-refractivity contribution is 5.94. The highest BCUT2D eigenvalue weighted by Crippen LogP contribution is 2.30. The molecular formula is C13H19NO3. The molecule has 0 amide bonds. The van der Waals surface area contributed by atoms with Gasteiger partial charge in [-0.2, -0.15) is 0 Å². The van der Waals surface area contributed by atoms with Gasteiger partial charge in [0.15, 0.2) is 0 Å². The summed E-state index contributed by atoms with van der Waals surface area (Å²) >= 11 is 0. The summed E-state index contributed by atoms with van der Waals surface area (Å²) in [6.45, 7) is 8.36.